The third-order valence-electron chi connectivity index (χ3n) is 11.7. The molecule has 0 radical (unpaired) electrons. The van der Waals surface area contributed by atoms with E-state index in [-0.39, 0.29) is 67.6 Å². The van der Waals surface area contributed by atoms with E-state index in [0.717, 1.165) is 32.1 Å². The summed E-state index contributed by atoms with van der Waals surface area (Å²) in [5.74, 6) is -6.02. The summed E-state index contributed by atoms with van der Waals surface area (Å²) in [4.78, 5) is 128. The number of aliphatic hydroxyl groups excluding tert-OH is 1. The Labute approximate surface area is 433 Å². The lowest BCUT2D eigenvalue weighted by molar-refractivity contribution is -0.139. The molecular formula is C51H91N11O11. The van der Waals surface area contributed by atoms with Gasteiger partial charge in [-0.05, 0) is 101 Å². The number of oxazole rings is 1. The van der Waals surface area contributed by atoms with Crippen molar-refractivity contribution in [2.75, 3.05) is 27.2 Å². The first kappa shape index (κ1) is 65.4. The first-order chi connectivity index (χ1) is 33.7. The van der Waals surface area contributed by atoms with E-state index in [1.807, 2.05) is 53.6 Å². The Hall–Kier alpha value is -5.64. The van der Waals surface area contributed by atoms with E-state index < -0.39 is 94.1 Å². The molecule has 9 amide bonds. The van der Waals surface area contributed by atoms with Gasteiger partial charge in [-0.15, -0.1) is 0 Å². The van der Waals surface area contributed by atoms with Gasteiger partial charge in [-0.2, -0.15) is 0 Å². The fourth-order valence-electron chi connectivity index (χ4n) is 7.62. The topological polar surface area (TPSA) is 311 Å². The number of aryl methyl sites for hydroxylation is 1. The molecule has 0 saturated carbocycles. The molecule has 0 aliphatic rings. The molecule has 1 aromatic heterocycles. The van der Waals surface area contributed by atoms with Gasteiger partial charge >= 0.3 is 0 Å². The maximum atomic E-state index is 14.1. The van der Waals surface area contributed by atoms with Crippen LogP contribution in [0.1, 0.15) is 171 Å². The van der Waals surface area contributed by atoms with Crippen molar-refractivity contribution in [2.45, 2.75) is 214 Å². The monoisotopic (exact) mass is 1030 g/mol. The average Bonchev–Trinajstić information content (AvgIpc) is 3.70. The van der Waals surface area contributed by atoms with Gasteiger partial charge in [0.2, 0.25) is 47.3 Å². The number of hydrogen-bond donors (Lipinski definition) is 10. The van der Waals surface area contributed by atoms with Crippen LogP contribution in [0, 0.1) is 18.8 Å². The molecule has 6 atom stereocenters. The zero-order chi connectivity index (χ0) is 56.0. The van der Waals surface area contributed by atoms with Gasteiger partial charge in [0.1, 0.15) is 47.0 Å². The molecule has 1 heterocycles. The van der Waals surface area contributed by atoms with E-state index in [4.69, 9.17) is 4.42 Å². The fourth-order valence-corrected chi connectivity index (χ4v) is 7.62. The molecule has 73 heavy (non-hydrogen) atoms. The van der Waals surface area contributed by atoms with E-state index >= 15 is 0 Å². The van der Waals surface area contributed by atoms with Gasteiger partial charge in [-0.25, -0.2) is 4.98 Å². The van der Waals surface area contributed by atoms with Crippen LogP contribution in [0.3, 0.4) is 0 Å². The van der Waals surface area contributed by atoms with Crippen LogP contribution in [0.5, 0.6) is 0 Å². The van der Waals surface area contributed by atoms with Crippen LogP contribution >= 0.6 is 0 Å². The van der Waals surface area contributed by atoms with Gasteiger partial charge in [0, 0.05) is 32.5 Å². The van der Waals surface area contributed by atoms with Crippen molar-refractivity contribution in [3.63, 3.8) is 0 Å². The Morgan fingerprint density at radius 1 is 0.630 bits per heavy atom. The number of nitrogens with zero attached hydrogens (tertiary/aromatic N) is 2. The summed E-state index contributed by atoms with van der Waals surface area (Å²) >= 11 is 0. The van der Waals surface area contributed by atoms with Crippen LogP contribution in [0.25, 0.3) is 0 Å². The van der Waals surface area contributed by atoms with Gasteiger partial charge in [0.25, 0.3) is 5.91 Å². The molecule has 0 bridgehead atoms. The Balaban J connectivity index is 3.15. The van der Waals surface area contributed by atoms with Gasteiger partial charge in [0.15, 0.2) is 11.6 Å². The van der Waals surface area contributed by atoms with Crippen LogP contribution in [0.2, 0.25) is 0 Å². The summed E-state index contributed by atoms with van der Waals surface area (Å²) in [6.45, 7) is 23.5. The second-order valence-corrected chi connectivity index (χ2v) is 22.0. The van der Waals surface area contributed by atoms with E-state index in [9.17, 15) is 48.3 Å². The van der Waals surface area contributed by atoms with Crippen molar-refractivity contribution in [1.82, 2.24) is 57.7 Å². The van der Waals surface area contributed by atoms with Crippen molar-refractivity contribution < 1.29 is 52.7 Å². The average molecular weight is 1030 g/mol. The van der Waals surface area contributed by atoms with Crippen LogP contribution in [-0.4, -0.2) is 148 Å². The summed E-state index contributed by atoms with van der Waals surface area (Å²) in [5.41, 5.74) is -4.80. The smallest absolute Gasteiger partial charge is 0.273 e. The number of unbranched alkanes of at least 4 members (excludes halogenated alkanes) is 5. The van der Waals surface area contributed by atoms with Crippen LogP contribution in [-0.2, 0) is 38.4 Å². The molecule has 0 unspecified atom stereocenters. The van der Waals surface area contributed by atoms with Gasteiger partial charge in [-0.3, -0.25) is 43.2 Å². The van der Waals surface area contributed by atoms with Crippen molar-refractivity contribution in [1.29, 1.82) is 0 Å². The lowest BCUT2D eigenvalue weighted by Gasteiger charge is -2.34. The lowest BCUT2D eigenvalue weighted by atomic mass is 9.96. The first-order valence-corrected chi connectivity index (χ1v) is 25.7. The highest BCUT2D eigenvalue weighted by Gasteiger charge is 2.41. The van der Waals surface area contributed by atoms with E-state index in [2.05, 4.69) is 59.8 Å². The maximum absolute atomic E-state index is 14.1. The molecule has 22 heteroatoms. The Kier molecular flexibility index (Phi) is 27.3. The summed E-state index contributed by atoms with van der Waals surface area (Å²) in [7, 11) is 3.78. The van der Waals surface area contributed by atoms with Crippen LogP contribution in [0.15, 0.2) is 10.7 Å². The number of aliphatic hydroxyl groups is 1. The summed E-state index contributed by atoms with van der Waals surface area (Å²) in [6, 6.07) is -5.15. The SMILES string of the molecule is CCCCCCCC[C@H](NC(=O)c1coc(C)n1)C(=O)N[C@H](C(=O)NC(C)(C)C(=O)N[C@@H](CC(C)C)C(=O)N[C@@H](CC(C)C)C(=O)NC(C)(C)C(=O)NC(C)(C)C(=O)NCCC(=O)N[C@@H](C)CN(C)C)[C@@H](C)O. The van der Waals surface area contributed by atoms with Crippen LogP contribution < -0.4 is 47.9 Å². The van der Waals surface area contributed by atoms with Gasteiger partial charge in [-0.1, -0.05) is 73.1 Å². The molecule has 0 aliphatic carbocycles. The number of carbonyl (C=O) groups excluding carboxylic acids is 9. The number of hydrogen-bond acceptors (Lipinski definition) is 13. The largest absolute Gasteiger partial charge is 0.448 e. The van der Waals surface area contributed by atoms with Crippen molar-refractivity contribution in [3.05, 3.63) is 17.8 Å². The maximum Gasteiger partial charge on any atom is 0.273 e. The second-order valence-electron chi connectivity index (χ2n) is 22.0. The first-order valence-electron chi connectivity index (χ1n) is 25.7. The minimum atomic E-state index is -1.72. The molecule has 1 aromatic rings. The molecule has 0 spiro atoms. The molecule has 22 nitrogen and oxygen atoms in total. The molecule has 0 aromatic carbocycles. The zero-order valence-corrected chi connectivity index (χ0v) is 46.6. The number of aromatic nitrogens is 1. The highest BCUT2D eigenvalue weighted by atomic mass is 16.3. The molecule has 10 N–H and O–H groups in total. The van der Waals surface area contributed by atoms with Crippen molar-refractivity contribution in [3.8, 4) is 0 Å². The summed E-state index contributed by atoms with van der Waals surface area (Å²) in [6.07, 6.45) is 5.72. The second kappa shape index (κ2) is 30.5. The quantitative estimate of drug-likeness (QED) is 0.0452. The molecule has 416 valence electrons. The fraction of sp³-hybridized carbons (Fsp3) is 0.765. The Bertz CT molecular complexity index is 2000. The Morgan fingerprint density at radius 3 is 1.68 bits per heavy atom. The summed E-state index contributed by atoms with van der Waals surface area (Å²) < 4.78 is 5.16. The zero-order valence-electron chi connectivity index (χ0n) is 46.6. The van der Waals surface area contributed by atoms with Crippen molar-refractivity contribution >= 4 is 53.2 Å². The van der Waals surface area contributed by atoms with Gasteiger partial charge < -0.3 is 62.3 Å². The number of carbonyl (C=O) groups is 9. The minimum absolute atomic E-state index is 0.0243. The molecule has 0 aliphatic heterocycles. The highest BCUT2D eigenvalue weighted by Crippen LogP contribution is 2.16. The van der Waals surface area contributed by atoms with E-state index in [0.29, 0.717) is 13.0 Å². The number of rotatable bonds is 33. The number of amides is 9. The predicted molar refractivity (Wildman–Crippen MR) is 277 cm³/mol. The van der Waals surface area contributed by atoms with E-state index in [1.165, 1.54) is 54.7 Å². The normalized spacial score (nSPS) is 14.5. The Morgan fingerprint density at radius 2 is 1.15 bits per heavy atom. The number of likely N-dealkylation sites (N-methyl/N-ethyl adjacent to an activating group) is 1. The highest BCUT2D eigenvalue weighted by molar-refractivity contribution is 6.00. The number of nitrogens with one attached hydrogen (secondary N) is 9. The minimum Gasteiger partial charge on any atom is -0.448 e. The third-order valence-corrected chi connectivity index (χ3v) is 11.7. The predicted octanol–water partition coefficient (Wildman–Crippen LogP) is 2.02. The molecular weight excluding hydrogens is 943 g/mol. The third kappa shape index (κ3) is 24.3. The molecule has 0 saturated heterocycles. The molecule has 0 fully saturated rings. The molecule has 1 rings (SSSR count). The van der Waals surface area contributed by atoms with Crippen LogP contribution in [0.4, 0.5) is 0 Å². The van der Waals surface area contributed by atoms with Gasteiger partial charge in [0.05, 0.1) is 6.10 Å². The standard InChI is InChI=1S/C51H91N11O11/c1-17-18-19-20-21-22-23-35(55-43(67)38-29-73-34(8)54-38)41(65)58-40(33(7)63)45(69)60-50(11,12)47(71)57-36(26-30(2)3)42(66)56-37(27-31(4)5)44(68)59-51(13,14)48(72)61-49(9,10)46(70)52-25-24-39(64)53-32(6)28-62(15)16/h29-33,35-37,40,63H,17-28H2,1-16H3,(H,52,70)(H,53,64)(H,55,67)(H,56,66)(H,57,71)(H,58,65)(H,59,68)(H,60,69)(H,61,72)/t32-,33+,35-,36-,37-,40-/m0/s1. The van der Waals surface area contributed by atoms with Crippen molar-refractivity contribution in [2.24, 2.45) is 11.8 Å². The summed E-state index contributed by atoms with van der Waals surface area (Å²) in [5, 5.41) is 34.9. The van der Waals surface area contributed by atoms with E-state index in [1.54, 1.807) is 6.92 Å². The lowest BCUT2D eigenvalue weighted by Crippen LogP contribution is -2.65.